The number of thioether (sulfide) groups is 1. The van der Waals surface area contributed by atoms with Crippen molar-refractivity contribution in [1.29, 1.82) is 0 Å². The Labute approximate surface area is 109 Å². The van der Waals surface area contributed by atoms with E-state index < -0.39 is 34.0 Å². The second-order valence-electron chi connectivity index (χ2n) is 3.51. The molecule has 100 valence electrons. The first-order valence-electron chi connectivity index (χ1n) is 5.06. The highest BCUT2D eigenvalue weighted by molar-refractivity contribution is 7.98. The molecule has 0 saturated carbocycles. The number of hydrogen-bond donors (Lipinski definition) is 0. The van der Waals surface area contributed by atoms with Crippen molar-refractivity contribution in [3.8, 4) is 0 Å². The summed E-state index contributed by atoms with van der Waals surface area (Å²) in [6, 6.07) is 4.88. The van der Waals surface area contributed by atoms with Crippen LogP contribution in [0.1, 0.15) is 5.69 Å². The third-order valence-electron chi connectivity index (χ3n) is 2.26. The van der Waals surface area contributed by atoms with Crippen molar-refractivity contribution >= 4 is 11.8 Å². The maximum atomic E-state index is 13.3. The number of aromatic nitrogens is 1. The topological polar surface area (TPSA) is 12.9 Å². The summed E-state index contributed by atoms with van der Waals surface area (Å²) in [5.41, 5.74) is 0.469. The van der Waals surface area contributed by atoms with Gasteiger partial charge in [-0.15, -0.1) is 11.8 Å². The van der Waals surface area contributed by atoms with Crippen molar-refractivity contribution in [2.45, 2.75) is 10.6 Å². The number of nitrogens with zero attached hydrogens (tertiary/aromatic N) is 1. The van der Waals surface area contributed by atoms with Gasteiger partial charge in [0.25, 0.3) is 0 Å². The highest BCUT2D eigenvalue weighted by Crippen LogP contribution is 2.32. The molecule has 0 aliphatic carbocycles. The van der Waals surface area contributed by atoms with Crippen LogP contribution in [0.5, 0.6) is 0 Å². The lowest BCUT2D eigenvalue weighted by atomic mass is 10.3. The van der Waals surface area contributed by atoms with E-state index in [1.54, 1.807) is 18.2 Å². The lowest BCUT2D eigenvalue weighted by Gasteiger charge is -2.07. The Bertz CT molecular complexity index is 574. The molecule has 0 amide bonds. The third kappa shape index (κ3) is 2.70. The maximum Gasteiger partial charge on any atom is 0.200 e. The molecule has 0 radical (unpaired) electrons. The van der Waals surface area contributed by atoms with Gasteiger partial charge in [0.05, 0.1) is 10.6 Å². The molecule has 7 heteroatoms. The van der Waals surface area contributed by atoms with Gasteiger partial charge in [-0.2, -0.15) is 0 Å². The van der Waals surface area contributed by atoms with E-state index in [-0.39, 0.29) is 5.75 Å². The van der Waals surface area contributed by atoms with E-state index in [4.69, 9.17) is 0 Å². The van der Waals surface area contributed by atoms with Gasteiger partial charge in [0.15, 0.2) is 23.3 Å². The van der Waals surface area contributed by atoms with Crippen LogP contribution in [0.3, 0.4) is 0 Å². The first-order chi connectivity index (χ1) is 9.02. The van der Waals surface area contributed by atoms with Crippen LogP contribution in [-0.4, -0.2) is 4.98 Å². The smallest absolute Gasteiger partial charge is 0.200 e. The molecule has 1 aromatic carbocycles. The molecule has 19 heavy (non-hydrogen) atoms. The Morgan fingerprint density at radius 1 is 0.842 bits per heavy atom. The Balaban J connectivity index is 2.31. The second-order valence-corrected chi connectivity index (χ2v) is 4.49. The van der Waals surface area contributed by atoms with Gasteiger partial charge >= 0.3 is 0 Å². The van der Waals surface area contributed by atoms with Crippen LogP contribution in [-0.2, 0) is 5.75 Å². The molecule has 2 rings (SSSR count). The molecule has 0 spiro atoms. The van der Waals surface area contributed by atoms with Gasteiger partial charge in [0.2, 0.25) is 5.82 Å². The largest absolute Gasteiger partial charge is 0.260 e. The fourth-order valence-corrected chi connectivity index (χ4v) is 2.24. The molecule has 0 N–H and O–H groups in total. The summed E-state index contributed by atoms with van der Waals surface area (Å²) in [6.07, 6.45) is 1.47. The molecule has 0 aliphatic heterocycles. The van der Waals surface area contributed by atoms with E-state index in [0.717, 1.165) is 0 Å². The monoisotopic (exact) mass is 291 g/mol. The SMILES string of the molecule is Fc1c(F)c(F)c(SCc2ccccn2)c(F)c1F. The summed E-state index contributed by atoms with van der Waals surface area (Å²) in [7, 11) is 0. The van der Waals surface area contributed by atoms with Gasteiger partial charge in [0, 0.05) is 11.9 Å². The van der Waals surface area contributed by atoms with Crippen molar-refractivity contribution in [2.24, 2.45) is 0 Å². The molecule has 0 fully saturated rings. The lowest BCUT2D eigenvalue weighted by molar-refractivity contribution is 0.361. The number of halogens is 5. The summed E-state index contributed by atoms with van der Waals surface area (Å²) >= 11 is 0.505. The number of pyridine rings is 1. The van der Waals surface area contributed by atoms with Gasteiger partial charge in [-0.3, -0.25) is 4.98 Å². The summed E-state index contributed by atoms with van der Waals surface area (Å²) in [5.74, 6) is -9.68. The first kappa shape index (κ1) is 13.8. The van der Waals surface area contributed by atoms with Gasteiger partial charge in [-0.1, -0.05) is 6.07 Å². The quantitative estimate of drug-likeness (QED) is 0.366. The molecule has 0 aliphatic rings. The zero-order valence-corrected chi connectivity index (χ0v) is 10.1. The Morgan fingerprint density at radius 3 is 1.95 bits per heavy atom. The van der Waals surface area contributed by atoms with E-state index in [1.165, 1.54) is 6.20 Å². The van der Waals surface area contributed by atoms with Crippen molar-refractivity contribution in [1.82, 2.24) is 4.98 Å². The van der Waals surface area contributed by atoms with Crippen LogP contribution < -0.4 is 0 Å². The van der Waals surface area contributed by atoms with E-state index in [1.807, 2.05) is 0 Å². The third-order valence-corrected chi connectivity index (χ3v) is 3.35. The molecule has 0 unspecified atom stereocenters. The normalized spacial score (nSPS) is 10.8. The average Bonchev–Trinajstić information content (AvgIpc) is 2.44. The zero-order chi connectivity index (χ0) is 14.0. The van der Waals surface area contributed by atoms with Gasteiger partial charge in [-0.25, -0.2) is 22.0 Å². The minimum Gasteiger partial charge on any atom is -0.260 e. The fourth-order valence-electron chi connectivity index (χ4n) is 1.34. The summed E-state index contributed by atoms with van der Waals surface area (Å²) in [6.45, 7) is 0. The van der Waals surface area contributed by atoms with E-state index in [9.17, 15) is 22.0 Å². The molecule has 0 saturated heterocycles. The van der Waals surface area contributed by atoms with Crippen LogP contribution in [0.25, 0.3) is 0 Å². The van der Waals surface area contributed by atoms with Crippen LogP contribution in [0.4, 0.5) is 22.0 Å². The highest BCUT2D eigenvalue weighted by Gasteiger charge is 2.25. The average molecular weight is 291 g/mol. The van der Waals surface area contributed by atoms with Crippen molar-refractivity contribution in [2.75, 3.05) is 0 Å². The van der Waals surface area contributed by atoms with Gasteiger partial charge in [-0.05, 0) is 12.1 Å². The zero-order valence-electron chi connectivity index (χ0n) is 9.26. The van der Waals surface area contributed by atoms with Gasteiger partial charge in [0.1, 0.15) is 0 Å². The van der Waals surface area contributed by atoms with Crippen molar-refractivity contribution in [3.63, 3.8) is 0 Å². The predicted molar refractivity (Wildman–Crippen MR) is 60.0 cm³/mol. The lowest BCUT2D eigenvalue weighted by Crippen LogP contribution is -2.03. The maximum absolute atomic E-state index is 13.3. The number of hydrogen-bond acceptors (Lipinski definition) is 2. The molecular formula is C12H6F5NS. The fraction of sp³-hybridized carbons (Fsp3) is 0.0833. The molecule has 1 heterocycles. The Hall–Kier alpha value is -1.63. The standard InChI is InChI=1S/C12H6F5NS/c13-7-8(14)10(16)12(11(17)9(7)15)19-5-6-3-1-2-4-18-6/h1-4H,5H2. The molecule has 0 atom stereocenters. The number of benzene rings is 1. The second kappa shape index (κ2) is 5.56. The predicted octanol–water partition coefficient (Wildman–Crippen LogP) is 4.07. The van der Waals surface area contributed by atoms with Crippen LogP contribution in [0, 0.1) is 29.1 Å². The van der Waals surface area contributed by atoms with E-state index in [0.29, 0.717) is 17.5 Å². The molecule has 1 aromatic heterocycles. The molecular weight excluding hydrogens is 285 g/mol. The number of rotatable bonds is 3. The molecule has 2 aromatic rings. The van der Waals surface area contributed by atoms with Crippen molar-refractivity contribution in [3.05, 3.63) is 59.2 Å². The van der Waals surface area contributed by atoms with E-state index in [2.05, 4.69) is 4.98 Å². The highest BCUT2D eigenvalue weighted by atomic mass is 32.2. The summed E-state index contributed by atoms with van der Waals surface area (Å²) in [4.78, 5) is 2.99. The minimum absolute atomic E-state index is 0.000801. The Kier molecular flexibility index (Phi) is 4.04. The summed E-state index contributed by atoms with van der Waals surface area (Å²) < 4.78 is 65.4. The van der Waals surface area contributed by atoms with Crippen LogP contribution in [0.15, 0.2) is 29.3 Å². The van der Waals surface area contributed by atoms with Crippen molar-refractivity contribution < 1.29 is 22.0 Å². The first-order valence-corrected chi connectivity index (χ1v) is 6.05. The molecule has 1 nitrogen and oxygen atoms in total. The molecule has 0 bridgehead atoms. The minimum atomic E-state index is -2.16. The van der Waals surface area contributed by atoms with E-state index >= 15 is 0 Å². The van der Waals surface area contributed by atoms with Gasteiger partial charge < -0.3 is 0 Å². The Morgan fingerprint density at radius 2 is 1.42 bits per heavy atom. The van der Waals surface area contributed by atoms with Crippen LogP contribution in [0.2, 0.25) is 0 Å². The van der Waals surface area contributed by atoms with Crippen LogP contribution >= 0.6 is 11.8 Å². The summed E-state index contributed by atoms with van der Waals surface area (Å²) in [5, 5.41) is 0.